The van der Waals surface area contributed by atoms with Crippen molar-refractivity contribution in [2.75, 3.05) is 4.90 Å². The van der Waals surface area contributed by atoms with E-state index in [4.69, 9.17) is 0 Å². The van der Waals surface area contributed by atoms with Crippen LogP contribution in [0.25, 0.3) is 0 Å². The largest absolute Gasteiger partial charge is 0.274 e. The van der Waals surface area contributed by atoms with Gasteiger partial charge < -0.3 is 0 Å². The van der Waals surface area contributed by atoms with Crippen LogP contribution in [0.3, 0.4) is 0 Å². The lowest BCUT2D eigenvalue weighted by Gasteiger charge is -2.28. The first-order chi connectivity index (χ1) is 7.99. The molecule has 1 fully saturated rings. The van der Waals surface area contributed by atoms with Crippen LogP contribution in [-0.4, -0.2) is 16.8 Å². The number of piperidine rings is 1. The Bertz CT molecular complexity index is 469. The van der Waals surface area contributed by atoms with Crippen molar-refractivity contribution >= 4 is 33.6 Å². The second-order valence-electron chi connectivity index (χ2n) is 4.43. The standard InChI is InChI=1S/C12H13BrN2O2/c1-7-3-10(16)15(11(17)4-7)12-8(2)5-9(13)6-14-12/h5-7H,3-4H2,1-2H3. The summed E-state index contributed by atoms with van der Waals surface area (Å²) < 4.78 is 0.837. The minimum Gasteiger partial charge on any atom is -0.274 e. The number of hydrogen-bond acceptors (Lipinski definition) is 3. The molecule has 0 N–H and O–H groups in total. The molecule has 1 aromatic heterocycles. The monoisotopic (exact) mass is 296 g/mol. The Morgan fingerprint density at radius 3 is 2.47 bits per heavy atom. The van der Waals surface area contributed by atoms with Gasteiger partial charge in [0.25, 0.3) is 0 Å². The smallest absolute Gasteiger partial charge is 0.235 e. The maximum Gasteiger partial charge on any atom is 0.235 e. The van der Waals surface area contributed by atoms with Crippen LogP contribution in [0.5, 0.6) is 0 Å². The summed E-state index contributed by atoms with van der Waals surface area (Å²) in [6.07, 6.45) is 2.41. The highest BCUT2D eigenvalue weighted by atomic mass is 79.9. The lowest BCUT2D eigenvalue weighted by atomic mass is 9.97. The van der Waals surface area contributed by atoms with Crippen LogP contribution in [0, 0.1) is 12.8 Å². The average Bonchev–Trinajstić information content (AvgIpc) is 2.19. The number of anilines is 1. The highest BCUT2D eigenvalue weighted by molar-refractivity contribution is 9.10. The molecule has 0 aliphatic carbocycles. The highest BCUT2D eigenvalue weighted by Crippen LogP contribution is 2.27. The number of amides is 2. The molecular formula is C12H13BrN2O2. The SMILES string of the molecule is Cc1cc(Br)cnc1N1C(=O)CC(C)CC1=O. The third-order valence-electron chi connectivity index (χ3n) is 2.77. The maximum atomic E-state index is 11.9. The normalized spacial score (nSPS) is 17.7. The van der Waals surface area contributed by atoms with Crippen molar-refractivity contribution in [3.05, 3.63) is 22.3 Å². The number of hydrogen-bond donors (Lipinski definition) is 0. The molecule has 0 saturated carbocycles. The van der Waals surface area contributed by atoms with Gasteiger partial charge in [-0.15, -0.1) is 0 Å². The summed E-state index contributed by atoms with van der Waals surface area (Å²) in [6.45, 7) is 3.75. The molecule has 0 aromatic carbocycles. The number of carbonyl (C=O) groups is 2. The van der Waals surface area contributed by atoms with Gasteiger partial charge in [0.05, 0.1) is 0 Å². The van der Waals surface area contributed by atoms with E-state index < -0.39 is 0 Å². The molecule has 5 heteroatoms. The van der Waals surface area contributed by atoms with Crippen LogP contribution in [0.1, 0.15) is 25.3 Å². The zero-order valence-electron chi connectivity index (χ0n) is 9.74. The van der Waals surface area contributed by atoms with E-state index in [9.17, 15) is 9.59 Å². The fraction of sp³-hybridized carbons (Fsp3) is 0.417. The van der Waals surface area contributed by atoms with Gasteiger partial charge in [0.2, 0.25) is 11.8 Å². The molecule has 1 aromatic rings. The lowest BCUT2D eigenvalue weighted by Crippen LogP contribution is -2.43. The number of aryl methyl sites for hydroxylation is 1. The summed E-state index contributed by atoms with van der Waals surface area (Å²) in [5.74, 6) is 0.260. The zero-order chi connectivity index (χ0) is 12.6. The number of pyridine rings is 1. The first-order valence-electron chi connectivity index (χ1n) is 5.47. The Morgan fingerprint density at radius 1 is 1.35 bits per heavy atom. The second kappa shape index (κ2) is 4.56. The van der Waals surface area contributed by atoms with E-state index in [1.54, 1.807) is 6.20 Å². The summed E-state index contributed by atoms with van der Waals surface area (Å²) >= 11 is 3.31. The minimum absolute atomic E-state index is 0.127. The molecule has 2 heterocycles. The van der Waals surface area contributed by atoms with Crippen molar-refractivity contribution in [2.24, 2.45) is 5.92 Å². The molecule has 0 unspecified atom stereocenters. The lowest BCUT2D eigenvalue weighted by molar-refractivity contribution is -0.130. The van der Waals surface area contributed by atoms with Gasteiger partial charge in [-0.25, -0.2) is 9.88 Å². The van der Waals surface area contributed by atoms with Gasteiger partial charge in [-0.2, -0.15) is 0 Å². The van der Waals surface area contributed by atoms with E-state index in [-0.39, 0.29) is 17.7 Å². The Balaban J connectivity index is 2.38. The molecular weight excluding hydrogens is 284 g/mol. The topological polar surface area (TPSA) is 50.3 Å². The summed E-state index contributed by atoms with van der Waals surface area (Å²) in [5.41, 5.74) is 0.815. The van der Waals surface area contributed by atoms with Crippen LogP contribution in [0.2, 0.25) is 0 Å². The molecule has 1 aliphatic rings. The zero-order valence-corrected chi connectivity index (χ0v) is 11.3. The number of rotatable bonds is 1. The van der Waals surface area contributed by atoms with E-state index in [0.717, 1.165) is 10.0 Å². The van der Waals surface area contributed by atoms with Crippen LogP contribution in [-0.2, 0) is 9.59 Å². The van der Waals surface area contributed by atoms with Crippen molar-refractivity contribution in [3.8, 4) is 0 Å². The van der Waals surface area contributed by atoms with Crippen molar-refractivity contribution in [1.82, 2.24) is 4.98 Å². The summed E-state index contributed by atoms with van der Waals surface area (Å²) in [4.78, 5) is 29.2. The van der Waals surface area contributed by atoms with Crippen molar-refractivity contribution in [3.63, 3.8) is 0 Å². The van der Waals surface area contributed by atoms with E-state index in [0.29, 0.717) is 18.7 Å². The predicted molar refractivity (Wildman–Crippen MR) is 67.6 cm³/mol. The van der Waals surface area contributed by atoms with Gasteiger partial charge in [0, 0.05) is 23.5 Å². The van der Waals surface area contributed by atoms with Crippen LogP contribution in [0.4, 0.5) is 5.82 Å². The number of imide groups is 1. The Kier molecular flexibility index (Phi) is 3.28. The first-order valence-corrected chi connectivity index (χ1v) is 6.26. The molecule has 2 rings (SSSR count). The van der Waals surface area contributed by atoms with E-state index in [1.165, 1.54) is 4.90 Å². The number of nitrogens with zero attached hydrogens (tertiary/aromatic N) is 2. The summed E-state index contributed by atoms with van der Waals surface area (Å²) in [7, 11) is 0. The maximum absolute atomic E-state index is 11.9. The molecule has 1 saturated heterocycles. The third-order valence-corrected chi connectivity index (χ3v) is 3.21. The molecule has 0 bridgehead atoms. The van der Waals surface area contributed by atoms with Gasteiger partial charge in [0.1, 0.15) is 5.82 Å². The number of halogens is 1. The molecule has 1 aliphatic heterocycles. The molecule has 0 radical (unpaired) electrons. The Labute approximate surface area is 108 Å². The van der Waals surface area contributed by atoms with E-state index in [2.05, 4.69) is 20.9 Å². The van der Waals surface area contributed by atoms with Crippen LogP contribution in [0.15, 0.2) is 16.7 Å². The van der Waals surface area contributed by atoms with Crippen molar-refractivity contribution in [2.45, 2.75) is 26.7 Å². The summed E-state index contributed by atoms with van der Waals surface area (Å²) in [5, 5.41) is 0. The first kappa shape index (κ1) is 12.2. The van der Waals surface area contributed by atoms with Gasteiger partial charge >= 0.3 is 0 Å². The van der Waals surface area contributed by atoms with Crippen LogP contribution < -0.4 is 4.90 Å². The van der Waals surface area contributed by atoms with Gasteiger partial charge in [-0.3, -0.25) is 9.59 Å². The highest BCUT2D eigenvalue weighted by Gasteiger charge is 2.32. The van der Waals surface area contributed by atoms with Gasteiger partial charge in [-0.1, -0.05) is 6.92 Å². The third kappa shape index (κ3) is 2.39. The number of aromatic nitrogens is 1. The van der Waals surface area contributed by atoms with Gasteiger partial charge in [-0.05, 0) is 40.4 Å². The summed E-state index contributed by atoms with van der Waals surface area (Å²) in [6, 6.07) is 1.85. The Morgan fingerprint density at radius 2 is 1.94 bits per heavy atom. The van der Waals surface area contributed by atoms with Crippen LogP contribution >= 0.6 is 15.9 Å². The molecule has 90 valence electrons. The molecule has 4 nitrogen and oxygen atoms in total. The van der Waals surface area contributed by atoms with E-state index >= 15 is 0 Å². The predicted octanol–water partition coefficient (Wildman–Crippen LogP) is 2.44. The second-order valence-corrected chi connectivity index (χ2v) is 5.35. The average molecular weight is 297 g/mol. The van der Waals surface area contributed by atoms with E-state index in [1.807, 2.05) is 19.9 Å². The van der Waals surface area contributed by atoms with Gasteiger partial charge in [0.15, 0.2) is 0 Å². The number of carbonyl (C=O) groups excluding carboxylic acids is 2. The van der Waals surface area contributed by atoms with Crippen molar-refractivity contribution < 1.29 is 9.59 Å². The fourth-order valence-corrected chi connectivity index (χ4v) is 2.44. The molecule has 0 spiro atoms. The fourth-order valence-electron chi connectivity index (χ4n) is 1.99. The van der Waals surface area contributed by atoms with Crippen molar-refractivity contribution in [1.29, 1.82) is 0 Å². The Hall–Kier alpha value is -1.23. The quantitative estimate of drug-likeness (QED) is 0.748. The molecule has 0 atom stereocenters. The minimum atomic E-state index is -0.160. The molecule has 2 amide bonds. The molecule has 17 heavy (non-hydrogen) atoms.